The highest BCUT2D eigenvalue weighted by atomic mass is 16.5. The maximum absolute atomic E-state index is 14.0. The van der Waals surface area contributed by atoms with Crippen LogP contribution in [0.2, 0.25) is 0 Å². The molecule has 2 unspecified atom stereocenters. The molecule has 0 bridgehead atoms. The second-order valence-corrected chi connectivity index (χ2v) is 14.2. The first-order valence-electron chi connectivity index (χ1n) is 18.5. The van der Waals surface area contributed by atoms with Crippen LogP contribution in [-0.2, 0) is 33.5 Å². The smallest absolute Gasteiger partial charge is 0.325 e. The van der Waals surface area contributed by atoms with Gasteiger partial charge in [0.25, 0.3) is 0 Å². The topological polar surface area (TPSA) is 203 Å². The number of aliphatic hydroxyl groups is 2. The van der Waals surface area contributed by atoms with Gasteiger partial charge in [0.2, 0.25) is 29.5 Å². The Hall–Kier alpha value is -3.26. The van der Waals surface area contributed by atoms with Gasteiger partial charge in [-0.3, -0.25) is 28.8 Å². The van der Waals surface area contributed by atoms with Crippen LogP contribution in [-0.4, -0.2) is 107 Å². The largest absolute Gasteiger partial charge is 0.460 e. The summed E-state index contributed by atoms with van der Waals surface area (Å²) < 4.78 is 5.79. The molecule has 6 N–H and O–H groups in total. The van der Waals surface area contributed by atoms with Gasteiger partial charge in [0, 0.05) is 7.05 Å². The molecule has 50 heavy (non-hydrogen) atoms. The molecule has 1 saturated heterocycles. The number of carbonyl (C=O) groups excluding carboxylic acids is 6. The molecule has 1 heterocycles. The number of rotatable bonds is 15. The zero-order valence-electron chi connectivity index (χ0n) is 31.6. The highest BCUT2D eigenvalue weighted by Gasteiger charge is 2.38. The average Bonchev–Trinajstić information content (AvgIpc) is 3.07. The summed E-state index contributed by atoms with van der Waals surface area (Å²) in [6, 6.07) is -5.15. The molecule has 14 heteroatoms. The van der Waals surface area contributed by atoms with Crippen LogP contribution in [0, 0.1) is 17.8 Å². The summed E-state index contributed by atoms with van der Waals surface area (Å²) in [5.74, 6) is -5.63. The van der Waals surface area contributed by atoms with Gasteiger partial charge in [0.15, 0.2) is 0 Å². The molecule has 1 fully saturated rings. The first-order chi connectivity index (χ1) is 23.6. The van der Waals surface area contributed by atoms with E-state index in [0.29, 0.717) is 19.3 Å². The normalized spacial score (nSPS) is 26.5. The van der Waals surface area contributed by atoms with Crippen LogP contribution in [0.15, 0.2) is 0 Å². The van der Waals surface area contributed by atoms with E-state index >= 15 is 0 Å². The highest BCUT2D eigenvalue weighted by molar-refractivity contribution is 5.96. The van der Waals surface area contributed by atoms with E-state index in [0.717, 1.165) is 25.7 Å². The summed E-state index contributed by atoms with van der Waals surface area (Å²) in [4.78, 5) is 81.9. The predicted molar refractivity (Wildman–Crippen MR) is 189 cm³/mol. The predicted octanol–water partition coefficient (Wildman–Crippen LogP) is 1.94. The number of unbranched alkanes of at least 4 members (excludes halogenated alkanes) is 7. The highest BCUT2D eigenvalue weighted by Crippen LogP contribution is 2.22. The lowest BCUT2D eigenvalue weighted by Gasteiger charge is -2.34. The van der Waals surface area contributed by atoms with Gasteiger partial charge in [0.05, 0.1) is 18.6 Å². The Labute approximate surface area is 298 Å². The Morgan fingerprint density at radius 3 is 1.92 bits per heavy atom. The number of amides is 5. The molecule has 0 aromatic carbocycles. The maximum Gasteiger partial charge on any atom is 0.325 e. The number of nitrogens with one attached hydrogen (secondary N) is 4. The number of hydrogen-bond donors (Lipinski definition) is 6. The molecule has 1 rings (SSSR count). The SMILES string of the molecule is CCCCCCCCCC[C@H]1OC(=O)CNC(=O)[C@H](C(C)O)NC(=O)[C@H](CO)NC(=O)[C@H](C(C)CC)NC(=O)[C@H](CC(C)C)N(C)C(=O)[C@@H]1C. The van der Waals surface area contributed by atoms with Crippen LogP contribution >= 0.6 is 0 Å². The third-order valence-corrected chi connectivity index (χ3v) is 9.46. The average molecular weight is 712 g/mol. The molecule has 288 valence electrons. The molecule has 0 aromatic rings. The van der Waals surface area contributed by atoms with Crippen molar-refractivity contribution >= 4 is 35.5 Å². The van der Waals surface area contributed by atoms with Crippen molar-refractivity contribution < 1.29 is 43.7 Å². The van der Waals surface area contributed by atoms with Crippen LogP contribution in [0.4, 0.5) is 0 Å². The van der Waals surface area contributed by atoms with Crippen molar-refractivity contribution in [2.45, 2.75) is 155 Å². The van der Waals surface area contributed by atoms with E-state index < -0.39 is 96.9 Å². The maximum atomic E-state index is 14.0. The number of carbonyl (C=O) groups is 6. The van der Waals surface area contributed by atoms with Crippen molar-refractivity contribution in [3.05, 3.63) is 0 Å². The second kappa shape index (κ2) is 23.3. The Balaban J connectivity index is 3.50. The minimum Gasteiger partial charge on any atom is -0.460 e. The minimum atomic E-state index is -1.53. The monoisotopic (exact) mass is 711 g/mol. The summed E-state index contributed by atoms with van der Waals surface area (Å²) in [5, 5.41) is 30.2. The number of likely N-dealkylation sites (N-methyl/N-ethyl adjacent to an activating group) is 1. The number of ether oxygens (including phenoxy) is 1. The third-order valence-electron chi connectivity index (χ3n) is 9.46. The van der Waals surface area contributed by atoms with Crippen molar-refractivity contribution in [1.29, 1.82) is 0 Å². The zero-order valence-corrected chi connectivity index (χ0v) is 31.6. The van der Waals surface area contributed by atoms with E-state index in [9.17, 15) is 39.0 Å². The van der Waals surface area contributed by atoms with Crippen molar-refractivity contribution in [1.82, 2.24) is 26.2 Å². The summed E-state index contributed by atoms with van der Waals surface area (Å²) >= 11 is 0. The summed E-state index contributed by atoms with van der Waals surface area (Å²) in [6.07, 6.45) is 7.29. The Morgan fingerprint density at radius 1 is 0.800 bits per heavy atom. The lowest BCUT2D eigenvalue weighted by Crippen LogP contribution is -2.61. The van der Waals surface area contributed by atoms with Gasteiger partial charge in [0.1, 0.15) is 36.8 Å². The van der Waals surface area contributed by atoms with Crippen molar-refractivity contribution in [2.24, 2.45) is 17.8 Å². The molecule has 0 saturated carbocycles. The Kier molecular flexibility index (Phi) is 20.8. The van der Waals surface area contributed by atoms with Crippen LogP contribution < -0.4 is 21.3 Å². The molecule has 1 aliphatic rings. The quantitative estimate of drug-likeness (QED) is 0.108. The minimum absolute atomic E-state index is 0.00678. The van der Waals surface area contributed by atoms with E-state index in [1.807, 2.05) is 20.8 Å². The van der Waals surface area contributed by atoms with Crippen LogP contribution in [0.5, 0.6) is 0 Å². The lowest BCUT2D eigenvalue weighted by atomic mass is 9.94. The van der Waals surface area contributed by atoms with Crippen molar-refractivity contribution in [3.8, 4) is 0 Å². The van der Waals surface area contributed by atoms with Gasteiger partial charge < -0.3 is 41.1 Å². The lowest BCUT2D eigenvalue weighted by molar-refractivity contribution is -0.157. The van der Waals surface area contributed by atoms with Crippen LogP contribution in [0.25, 0.3) is 0 Å². The molecule has 0 aromatic heterocycles. The molecule has 1 aliphatic heterocycles. The summed E-state index contributed by atoms with van der Waals surface area (Å²) in [7, 11) is 1.52. The molecule has 0 radical (unpaired) electrons. The number of nitrogens with zero attached hydrogens (tertiary/aromatic N) is 1. The van der Waals surface area contributed by atoms with Gasteiger partial charge in [-0.05, 0) is 38.0 Å². The fraction of sp³-hybridized carbons (Fsp3) is 0.833. The number of hydrogen-bond acceptors (Lipinski definition) is 9. The fourth-order valence-electron chi connectivity index (χ4n) is 5.96. The van der Waals surface area contributed by atoms with Crippen LogP contribution in [0.3, 0.4) is 0 Å². The number of aliphatic hydroxyl groups excluding tert-OH is 2. The van der Waals surface area contributed by atoms with Gasteiger partial charge in [-0.1, -0.05) is 92.9 Å². The molecule has 5 amide bonds. The van der Waals surface area contributed by atoms with Gasteiger partial charge in [-0.2, -0.15) is 0 Å². The third kappa shape index (κ3) is 14.9. The molecule has 14 nitrogen and oxygen atoms in total. The van der Waals surface area contributed by atoms with E-state index in [1.165, 1.54) is 38.1 Å². The zero-order chi connectivity index (χ0) is 38.0. The van der Waals surface area contributed by atoms with Gasteiger partial charge in [-0.15, -0.1) is 0 Å². The van der Waals surface area contributed by atoms with Gasteiger partial charge in [-0.25, -0.2) is 0 Å². The van der Waals surface area contributed by atoms with Gasteiger partial charge >= 0.3 is 5.97 Å². The molecular weight excluding hydrogens is 646 g/mol. The molecule has 0 spiro atoms. The summed E-state index contributed by atoms with van der Waals surface area (Å²) in [5.41, 5.74) is 0. The number of esters is 1. The van der Waals surface area contributed by atoms with Crippen molar-refractivity contribution in [2.75, 3.05) is 20.2 Å². The fourth-order valence-corrected chi connectivity index (χ4v) is 5.96. The van der Waals surface area contributed by atoms with E-state index in [-0.39, 0.29) is 12.3 Å². The van der Waals surface area contributed by atoms with E-state index in [1.54, 1.807) is 13.8 Å². The first-order valence-corrected chi connectivity index (χ1v) is 18.5. The summed E-state index contributed by atoms with van der Waals surface area (Å²) in [6.45, 7) is 11.0. The van der Waals surface area contributed by atoms with Crippen LogP contribution in [0.1, 0.15) is 119 Å². The first kappa shape index (κ1) is 44.8. The second-order valence-electron chi connectivity index (χ2n) is 14.2. The molecular formula is C36H65N5O9. The standard InChI is InChI=1S/C36H65N5O9/c1-9-11-12-13-14-15-16-17-18-28-24(6)36(49)41(8)27(19-22(3)4)33(46)39-30(23(5)10-2)35(48)38-26(21-42)32(45)40-31(25(7)43)34(47)37-20-29(44)50-28/h22-28,30-31,42-43H,9-21H2,1-8H3,(H,37,47)(H,38,48)(H,39,46)(H,40,45)/t23?,24-,25?,26+,27+,28-,30+,31+/m1/s1. The molecule has 0 aliphatic carbocycles. The van der Waals surface area contributed by atoms with E-state index in [4.69, 9.17) is 4.74 Å². The molecule has 8 atom stereocenters. The van der Waals surface area contributed by atoms with E-state index in [2.05, 4.69) is 28.2 Å². The Bertz CT molecular complexity index is 1100. The Morgan fingerprint density at radius 2 is 1.38 bits per heavy atom. The van der Waals surface area contributed by atoms with Crippen molar-refractivity contribution in [3.63, 3.8) is 0 Å². The number of cyclic esters (lactones) is 1.